The molecule has 0 radical (unpaired) electrons. The molecular weight excluding hydrogens is 205 g/mol. The molecule has 0 aliphatic heterocycles. The van der Waals surface area contributed by atoms with Crippen LogP contribution in [0.4, 0.5) is 0 Å². The van der Waals surface area contributed by atoms with Gasteiger partial charge in [0, 0.05) is 7.11 Å². The van der Waals surface area contributed by atoms with Crippen molar-refractivity contribution in [3.63, 3.8) is 0 Å². The zero-order valence-corrected chi connectivity index (χ0v) is 9.76. The van der Waals surface area contributed by atoms with Gasteiger partial charge in [-0.05, 0) is 20.8 Å². The van der Waals surface area contributed by atoms with E-state index in [-0.39, 0.29) is 15.2 Å². The molecule has 0 heterocycles. The summed E-state index contributed by atoms with van der Waals surface area (Å²) >= 11 is 0. The number of carbonyl (C=O) groups is 1. The Labute approximate surface area is 85.4 Å². The Morgan fingerprint density at radius 1 is 1.57 bits per heavy atom. The van der Waals surface area contributed by atoms with Crippen LogP contribution in [-0.4, -0.2) is 31.3 Å². The van der Waals surface area contributed by atoms with E-state index in [0.29, 0.717) is 0 Å². The molecule has 0 rings (SSSR count). The van der Waals surface area contributed by atoms with E-state index >= 15 is 0 Å². The molecule has 0 fully saturated rings. The summed E-state index contributed by atoms with van der Waals surface area (Å²) in [5, 5.41) is 2.40. The van der Waals surface area contributed by atoms with Gasteiger partial charge in [0.05, 0.1) is 5.60 Å². The first-order valence-corrected chi connectivity index (χ1v) is 5.04. The van der Waals surface area contributed by atoms with Crippen LogP contribution in [-0.2, 0) is 18.8 Å². The van der Waals surface area contributed by atoms with E-state index in [9.17, 15) is 9.36 Å². The lowest BCUT2D eigenvalue weighted by atomic mass is 10.1. The molecule has 0 unspecified atom stereocenters. The smallest absolute Gasteiger partial charge is 0.323 e. The summed E-state index contributed by atoms with van der Waals surface area (Å²) in [6.07, 6.45) is 0. The maximum Gasteiger partial charge on any atom is 0.323 e. The van der Waals surface area contributed by atoms with Crippen LogP contribution in [0.25, 0.3) is 0 Å². The number of nitrogens with one attached hydrogen (secondary N) is 1. The fourth-order valence-electron chi connectivity index (χ4n) is 0.561. The molecule has 0 aliphatic carbocycles. The highest BCUT2D eigenvalue weighted by Gasteiger charge is 2.21. The van der Waals surface area contributed by atoms with Crippen molar-refractivity contribution in [1.82, 2.24) is 5.09 Å². The molecule has 0 aromatic heterocycles. The van der Waals surface area contributed by atoms with Gasteiger partial charge in [-0.25, -0.2) is 5.09 Å². The third-order valence-corrected chi connectivity index (χ3v) is 2.21. The van der Waals surface area contributed by atoms with Crippen LogP contribution in [0.5, 0.6) is 0 Å². The van der Waals surface area contributed by atoms with Gasteiger partial charge in [0.15, 0.2) is 0 Å². The molecule has 0 saturated carbocycles. The van der Waals surface area contributed by atoms with Crippen molar-refractivity contribution in [2.45, 2.75) is 32.4 Å². The van der Waals surface area contributed by atoms with Crippen molar-refractivity contribution in [1.29, 1.82) is 0 Å². The number of rotatable bonds is 6. The topological polar surface area (TPSA) is 64.6 Å². The van der Waals surface area contributed by atoms with Crippen molar-refractivity contribution >= 4 is 14.6 Å². The van der Waals surface area contributed by atoms with E-state index < -0.39 is 17.6 Å². The highest BCUT2D eigenvalue weighted by molar-refractivity contribution is 7.21. The predicted octanol–water partition coefficient (Wildman–Crippen LogP) is 1.14. The van der Waals surface area contributed by atoms with Gasteiger partial charge in [0.2, 0.25) is 8.61 Å². The molecule has 0 bridgehead atoms. The summed E-state index contributed by atoms with van der Waals surface area (Å²) in [5.41, 5.74) is -0.495. The van der Waals surface area contributed by atoms with Gasteiger partial charge in [-0.15, -0.1) is 0 Å². The number of ether oxygens (including phenoxy) is 2. The molecule has 0 saturated heterocycles. The molecule has 0 aliphatic rings. The van der Waals surface area contributed by atoms with Crippen molar-refractivity contribution in [3.8, 4) is 0 Å². The fourth-order valence-corrected chi connectivity index (χ4v) is 0.824. The minimum absolute atomic E-state index is 0.171. The van der Waals surface area contributed by atoms with E-state index in [4.69, 9.17) is 9.47 Å². The predicted molar refractivity (Wildman–Crippen MR) is 52.3 cm³/mol. The van der Waals surface area contributed by atoms with E-state index in [1.165, 1.54) is 0 Å². The summed E-state index contributed by atoms with van der Waals surface area (Å²) in [4.78, 5) is 11.2. The Hall–Kier alpha value is -0.510. The van der Waals surface area contributed by atoms with Gasteiger partial charge >= 0.3 is 5.97 Å². The number of hydrogen-bond acceptors (Lipinski definition) is 4. The monoisotopic (exact) mass is 221 g/mol. The Balaban J connectivity index is 3.90. The van der Waals surface area contributed by atoms with Crippen LogP contribution in [0.1, 0.15) is 20.8 Å². The first-order valence-electron chi connectivity index (χ1n) is 4.22. The fraction of sp³-hybridized carbons (Fsp3) is 0.875. The number of methoxy groups -OCH3 is 1. The van der Waals surface area contributed by atoms with Crippen molar-refractivity contribution in [2.75, 3.05) is 13.7 Å². The number of carbonyl (C=O) groups excluding carboxylic acids is 1. The quantitative estimate of drug-likeness (QED) is 0.538. The molecule has 0 aromatic rings. The molecule has 1 N–H and O–H groups in total. The second kappa shape index (κ2) is 6.06. The highest BCUT2D eigenvalue weighted by atomic mass is 31.1. The second-order valence-corrected chi connectivity index (χ2v) is 3.95. The molecule has 0 amide bonds. The SMILES string of the molecule is COC(C)(C)COC(=O)[C@H](C)NP=O. The maximum atomic E-state index is 11.2. The summed E-state index contributed by atoms with van der Waals surface area (Å²) < 4.78 is 20.1. The van der Waals surface area contributed by atoms with Crippen LogP contribution in [0.3, 0.4) is 0 Å². The molecule has 1 atom stereocenters. The van der Waals surface area contributed by atoms with Gasteiger partial charge < -0.3 is 9.47 Å². The van der Waals surface area contributed by atoms with E-state index in [2.05, 4.69) is 5.09 Å². The largest absolute Gasteiger partial charge is 0.461 e. The number of hydrogen-bond donors (Lipinski definition) is 1. The molecule has 14 heavy (non-hydrogen) atoms. The number of esters is 1. The molecule has 5 nitrogen and oxygen atoms in total. The minimum atomic E-state index is -0.582. The first kappa shape index (κ1) is 13.5. The van der Waals surface area contributed by atoms with Crippen LogP contribution in [0, 0.1) is 0 Å². The normalized spacial score (nSPS) is 14.0. The van der Waals surface area contributed by atoms with Gasteiger partial charge in [0.25, 0.3) is 0 Å². The Morgan fingerprint density at radius 2 is 2.14 bits per heavy atom. The van der Waals surface area contributed by atoms with Crippen molar-refractivity contribution < 1.29 is 18.8 Å². The Kier molecular flexibility index (Phi) is 5.84. The van der Waals surface area contributed by atoms with Crippen LogP contribution in [0.2, 0.25) is 0 Å². The zero-order valence-electron chi connectivity index (χ0n) is 8.86. The summed E-state index contributed by atoms with van der Waals surface area (Å²) in [6.45, 7) is 5.37. The van der Waals surface area contributed by atoms with E-state index in [0.717, 1.165) is 0 Å². The van der Waals surface area contributed by atoms with Crippen molar-refractivity contribution in [2.24, 2.45) is 0 Å². The third kappa shape index (κ3) is 5.27. The van der Waals surface area contributed by atoms with Gasteiger partial charge in [-0.2, -0.15) is 0 Å². The zero-order chi connectivity index (χ0) is 11.2. The summed E-state index contributed by atoms with van der Waals surface area (Å²) in [7, 11) is 1.27. The van der Waals surface area contributed by atoms with E-state index in [1.54, 1.807) is 14.0 Å². The van der Waals surface area contributed by atoms with E-state index in [1.807, 2.05) is 13.8 Å². The summed E-state index contributed by atoms with van der Waals surface area (Å²) in [5.74, 6) is -0.446. The van der Waals surface area contributed by atoms with Gasteiger partial charge in [0.1, 0.15) is 12.6 Å². The maximum absolute atomic E-state index is 11.2. The average molecular weight is 221 g/mol. The first-order chi connectivity index (χ1) is 6.43. The van der Waals surface area contributed by atoms with Crippen LogP contribution >= 0.6 is 8.61 Å². The average Bonchev–Trinajstić information content (AvgIpc) is 2.15. The lowest BCUT2D eigenvalue weighted by Crippen LogP contribution is -2.36. The van der Waals surface area contributed by atoms with Gasteiger partial charge in [-0.1, -0.05) is 0 Å². The molecule has 82 valence electrons. The third-order valence-electron chi connectivity index (χ3n) is 1.71. The Bertz CT molecular complexity index is 208. The second-order valence-electron chi connectivity index (χ2n) is 3.51. The summed E-state index contributed by atoms with van der Waals surface area (Å²) in [6, 6.07) is -0.582. The van der Waals surface area contributed by atoms with Gasteiger partial charge in [-0.3, -0.25) is 9.36 Å². The van der Waals surface area contributed by atoms with Crippen LogP contribution < -0.4 is 5.09 Å². The molecule has 6 heteroatoms. The molecule has 0 spiro atoms. The van der Waals surface area contributed by atoms with Crippen molar-refractivity contribution in [3.05, 3.63) is 0 Å². The standard InChI is InChI=1S/C8H16NO4P/c1-6(9-14-11)7(10)13-5-8(2,3)12-4/h6H,5H2,1-4H3,(H,9,11)/t6-/m0/s1. The Morgan fingerprint density at radius 3 is 2.57 bits per heavy atom. The van der Waals surface area contributed by atoms with Crippen LogP contribution in [0.15, 0.2) is 0 Å². The lowest BCUT2D eigenvalue weighted by molar-refractivity contribution is -0.152. The highest BCUT2D eigenvalue weighted by Crippen LogP contribution is 2.08. The minimum Gasteiger partial charge on any atom is -0.461 e. The molecular formula is C8H16NO4P. The molecule has 0 aromatic carbocycles. The lowest BCUT2D eigenvalue weighted by Gasteiger charge is -2.22.